The van der Waals surface area contributed by atoms with E-state index in [1.807, 2.05) is 19.1 Å². The predicted molar refractivity (Wildman–Crippen MR) is 56.9 cm³/mol. The zero-order valence-electron chi connectivity index (χ0n) is 8.52. The molecule has 2 N–H and O–H groups in total. The molecule has 15 heavy (non-hydrogen) atoms. The van der Waals surface area contributed by atoms with Gasteiger partial charge in [-0.2, -0.15) is 0 Å². The number of nitrogens with one attached hydrogen (secondary N) is 2. The Morgan fingerprint density at radius 3 is 2.40 bits per heavy atom. The van der Waals surface area contributed by atoms with Gasteiger partial charge in [-0.25, -0.2) is 4.79 Å². The lowest BCUT2D eigenvalue weighted by Crippen LogP contribution is -2.37. The Labute approximate surface area is 87.2 Å². The quantitative estimate of drug-likeness (QED) is 0.585. The number of nitroso groups, excluding NO2 is 1. The molecule has 2 amide bonds. The fraction of sp³-hybridized carbons (Fsp3) is 0.222. The number of amides is 2. The van der Waals surface area contributed by atoms with Gasteiger partial charge in [-0.05, 0) is 19.1 Å². The van der Waals surface area contributed by atoms with Crippen molar-refractivity contribution in [1.82, 2.24) is 10.4 Å². The summed E-state index contributed by atoms with van der Waals surface area (Å²) in [5.74, 6) is 0. The molecule has 0 bridgehead atoms. The van der Waals surface area contributed by atoms with Crippen LogP contribution in [0.1, 0.15) is 5.56 Å². The summed E-state index contributed by atoms with van der Waals surface area (Å²) < 4.78 is 0. The molecule has 1 aromatic carbocycles. The number of urea groups is 1. The van der Waals surface area contributed by atoms with E-state index in [1.54, 1.807) is 12.1 Å². The minimum Gasteiger partial charge on any atom is -0.338 e. The smallest absolute Gasteiger partial charge is 0.338 e. The third-order valence-electron chi connectivity index (χ3n) is 1.77. The number of carbonyl (C=O) groups excluding carboxylic acids is 1. The fourth-order valence-electron chi connectivity index (χ4n) is 0.965. The molecule has 0 saturated heterocycles. The van der Waals surface area contributed by atoms with E-state index in [9.17, 15) is 9.70 Å². The summed E-state index contributed by atoms with van der Waals surface area (Å²) in [5.41, 5.74) is 4.25. The number of aryl methyl sites for hydroxylation is 1. The topological polar surface area (TPSA) is 73.8 Å². The first kappa shape index (κ1) is 11.0. The summed E-state index contributed by atoms with van der Waals surface area (Å²) in [5, 5.41) is 5.40. The molecule has 1 rings (SSSR count). The van der Waals surface area contributed by atoms with Crippen molar-refractivity contribution in [3.8, 4) is 0 Å². The monoisotopic (exact) mass is 208 g/mol. The summed E-state index contributed by atoms with van der Waals surface area (Å²) in [4.78, 5) is 21.4. The highest BCUT2D eigenvalue weighted by molar-refractivity contribution is 5.74. The normalized spacial score (nSPS) is 9.20. The Morgan fingerprint density at radius 2 is 1.93 bits per heavy atom. The molecule has 0 unspecified atom stereocenters. The molecule has 0 fully saturated rings. The van der Waals surface area contributed by atoms with E-state index < -0.39 is 6.03 Å². The van der Waals surface area contributed by atoms with Crippen LogP contribution in [-0.2, 0) is 0 Å². The molecule has 0 aromatic heterocycles. The molecule has 0 aliphatic heterocycles. The second kappa shape index (κ2) is 4.94. The van der Waals surface area contributed by atoms with Crippen molar-refractivity contribution < 1.29 is 4.79 Å². The lowest BCUT2D eigenvalue weighted by atomic mass is 10.2. The van der Waals surface area contributed by atoms with Gasteiger partial charge in [0.15, 0.2) is 0 Å². The van der Waals surface area contributed by atoms with Gasteiger partial charge in [0, 0.05) is 7.05 Å². The number of carbonyl (C=O) groups is 1. The molecule has 0 radical (unpaired) electrons. The van der Waals surface area contributed by atoms with Crippen molar-refractivity contribution in [2.24, 2.45) is 5.29 Å². The van der Waals surface area contributed by atoms with Gasteiger partial charge < -0.3 is 5.32 Å². The Bertz CT molecular complexity index is 350. The van der Waals surface area contributed by atoms with E-state index in [2.05, 4.69) is 16.0 Å². The number of hydrogen-bond donors (Lipinski definition) is 2. The van der Waals surface area contributed by atoms with Gasteiger partial charge in [0.1, 0.15) is 0 Å². The van der Waals surface area contributed by atoms with Crippen molar-refractivity contribution >= 4 is 11.7 Å². The first-order valence-electron chi connectivity index (χ1n) is 4.36. The molecule has 1 aromatic rings. The lowest BCUT2D eigenvalue weighted by Gasteiger charge is -2.14. The molecule has 0 aliphatic carbocycles. The van der Waals surface area contributed by atoms with Crippen LogP contribution in [0.25, 0.3) is 0 Å². The molecule has 0 heterocycles. The molecular formula is C9H12N4O2. The van der Waals surface area contributed by atoms with Crippen molar-refractivity contribution in [3.05, 3.63) is 34.7 Å². The van der Waals surface area contributed by atoms with Crippen molar-refractivity contribution in [1.29, 1.82) is 0 Å². The Morgan fingerprint density at radius 1 is 1.33 bits per heavy atom. The molecule has 0 atom stereocenters. The summed E-state index contributed by atoms with van der Waals surface area (Å²) in [6, 6.07) is 6.59. The Kier molecular flexibility index (Phi) is 3.61. The number of rotatable bonds is 3. The van der Waals surface area contributed by atoms with Gasteiger partial charge in [0.25, 0.3) is 0 Å². The highest BCUT2D eigenvalue weighted by Crippen LogP contribution is 2.09. The van der Waals surface area contributed by atoms with Gasteiger partial charge >= 0.3 is 6.03 Å². The second-order valence-electron chi connectivity index (χ2n) is 2.93. The van der Waals surface area contributed by atoms with Crippen molar-refractivity contribution in [3.63, 3.8) is 0 Å². The van der Waals surface area contributed by atoms with E-state index in [-0.39, 0.29) is 0 Å². The van der Waals surface area contributed by atoms with Crippen LogP contribution in [0.2, 0.25) is 0 Å². The van der Waals surface area contributed by atoms with E-state index in [4.69, 9.17) is 0 Å². The van der Waals surface area contributed by atoms with Crippen LogP contribution >= 0.6 is 0 Å². The molecule has 80 valence electrons. The summed E-state index contributed by atoms with van der Waals surface area (Å²) in [6.07, 6.45) is 0. The van der Waals surface area contributed by atoms with Crippen LogP contribution in [0.3, 0.4) is 0 Å². The average molecular weight is 208 g/mol. The maximum atomic E-state index is 11.1. The SMILES string of the molecule is CNC(=O)N(N=O)Nc1ccc(C)cc1. The highest BCUT2D eigenvalue weighted by atomic mass is 16.3. The van der Waals surface area contributed by atoms with Gasteiger partial charge in [-0.1, -0.05) is 22.8 Å². The van der Waals surface area contributed by atoms with E-state index in [1.165, 1.54) is 7.05 Å². The second-order valence-corrected chi connectivity index (χ2v) is 2.93. The summed E-state index contributed by atoms with van der Waals surface area (Å²) in [6.45, 7) is 1.94. The molecular weight excluding hydrogens is 196 g/mol. The molecule has 0 aliphatic rings. The zero-order valence-corrected chi connectivity index (χ0v) is 8.52. The van der Waals surface area contributed by atoms with E-state index in [0.29, 0.717) is 10.8 Å². The highest BCUT2D eigenvalue weighted by Gasteiger charge is 2.11. The summed E-state index contributed by atoms with van der Waals surface area (Å²) in [7, 11) is 1.41. The number of hydrazine groups is 1. The van der Waals surface area contributed by atoms with Crippen LogP contribution in [0.4, 0.5) is 10.5 Å². The zero-order chi connectivity index (χ0) is 11.3. The third-order valence-corrected chi connectivity index (χ3v) is 1.77. The Balaban J connectivity index is 2.71. The minimum atomic E-state index is -0.620. The Hall–Kier alpha value is -2.11. The van der Waals surface area contributed by atoms with Crippen LogP contribution in [0.15, 0.2) is 29.6 Å². The minimum absolute atomic E-state index is 0.588. The molecule has 6 nitrogen and oxygen atoms in total. The molecule has 0 spiro atoms. The van der Waals surface area contributed by atoms with Crippen LogP contribution in [0.5, 0.6) is 0 Å². The van der Waals surface area contributed by atoms with Crippen molar-refractivity contribution in [2.75, 3.05) is 12.5 Å². The maximum absolute atomic E-state index is 11.1. The number of nitrogens with zero attached hydrogens (tertiary/aromatic N) is 2. The van der Waals surface area contributed by atoms with Gasteiger partial charge in [-0.3, -0.25) is 5.43 Å². The fourth-order valence-corrected chi connectivity index (χ4v) is 0.965. The summed E-state index contributed by atoms with van der Waals surface area (Å²) >= 11 is 0. The van der Waals surface area contributed by atoms with Crippen LogP contribution in [-0.4, -0.2) is 18.2 Å². The van der Waals surface area contributed by atoms with E-state index in [0.717, 1.165) is 5.56 Å². The standard InChI is InChI=1S/C9H12N4O2/c1-7-3-5-8(6-4-7)11-13(12-15)9(14)10-2/h3-6,11H,1-2H3,(H,10,14). The van der Waals surface area contributed by atoms with Crippen LogP contribution in [0, 0.1) is 11.8 Å². The molecule has 0 saturated carbocycles. The van der Waals surface area contributed by atoms with Gasteiger partial charge in [0.2, 0.25) is 0 Å². The number of benzene rings is 1. The first-order chi connectivity index (χ1) is 7.17. The molecule has 6 heteroatoms. The van der Waals surface area contributed by atoms with E-state index >= 15 is 0 Å². The maximum Gasteiger partial charge on any atom is 0.360 e. The van der Waals surface area contributed by atoms with Gasteiger partial charge in [-0.15, -0.1) is 4.91 Å². The number of hydrogen-bond acceptors (Lipinski definition) is 4. The number of anilines is 1. The largest absolute Gasteiger partial charge is 0.360 e. The van der Waals surface area contributed by atoms with Gasteiger partial charge in [0.05, 0.1) is 11.0 Å². The average Bonchev–Trinajstić information content (AvgIpc) is 2.27. The predicted octanol–water partition coefficient (Wildman–Crippen LogP) is 1.64. The first-order valence-corrected chi connectivity index (χ1v) is 4.36. The lowest BCUT2D eigenvalue weighted by molar-refractivity contribution is 0.212. The van der Waals surface area contributed by atoms with Crippen molar-refractivity contribution in [2.45, 2.75) is 6.92 Å². The van der Waals surface area contributed by atoms with Crippen LogP contribution < -0.4 is 10.7 Å². The third kappa shape index (κ3) is 2.94.